The van der Waals surface area contributed by atoms with Crippen LogP contribution in [0.1, 0.15) is 5.56 Å². The molecule has 1 aromatic carbocycles. The molecule has 1 heterocycles. The van der Waals surface area contributed by atoms with Gasteiger partial charge in [0.25, 0.3) is 0 Å². The highest BCUT2D eigenvalue weighted by Crippen LogP contribution is 2.14. The quantitative estimate of drug-likeness (QED) is 0.824. The lowest BCUT2D eigenvalue weighted by Gasteiger charge is -2.20. The molecule has 1 aromatic rings. The highest BCUT2D eigenvalue weighted by atomic mass is 19.1. The van der Waals surface area contributed by atoms with Crippen LogP contribution in [0.15, 0.2) is 29.3 Å². The summed E-state index contributed by atoms with van der Waals surface area (Å²) in [5.41, 5.74) is 0.608. The van der Waals surface area contributed by atoms with E-state index in [1.54, 1.807) is 12.1 Å². The summed E-state index contributed by atoms with van der Waals surface area (Å²) in [4.78, 5) is 6.50. The second kappa shape index (κ2) is 5.07. The van der Waals surface area contributed by atoms with E-state index in [4.69, 9.17) is 0 Å². The molecule has 0 radical (unpaired) electrons. The number of hydrogen-bond donors (Lipinski definition) is 1. The van der Waals surface area contributed by atoms with Crippen molar-refractivity contribution in [3.63, 3.8) is 0 Å². The third kappa shape index (κ3) is 2.22. The van der Waals surface area contributed by atoms with Crippen molar-refractivity contribution < 1.29 is 4.39 Å². The van der Waals surface area contributed by atoms with E-state index in [1.165, 1.54) is 6.07 Å². The molecular weight excluding hydrogens is 205 g/mol. The number of benzene rings is 1. The minimum Gasteiger partial charge on any atom is -0.353 e. The zero-order valence-corrected chi connectivity index (χ0v) is 9.41. The van der Waals surface area contributed by atoms with Crippen LogP contribution in [0.4, 0.5) is 4.39 Å². The van der Waals surface area contributed by atoms with E-state index in [2.05, 4.69) is 15.2 Å². The maximum Gasteiger partial charge on any atom is 0.134 e. The molecule has 0 atom stereocenters. The Hall–Kier alpha value is -1.42. The number of hydrogen-bond acceptors (Lipinski definition) is 3. The normalized spacial score (nSPS) is 15.4. The van der Waals surface area contributed by atoms with Crippen LogP contribution < -0.4 is 5.32 Å². The topological polar surface area (TPSA) is 27.6 Å². The molecular formula is C12H16FN3. The van der Waals surface area contributed by atoms with Gasteiger partial charge in [0.1, 0.15) is 11.7 Å². The van der Waals surface area contributed by atoms with Crippen LogP contribution in [0, 0.1) is 5.82 Å². The van der Waals surface area contributed by atoms with Crippen molar-refractivity contribution in [2.24, 2.45) is 4.99 Å². The molecule has 3 nitrogen and oxygen atoms in total. The number of halogens is 1. The van der Waals surface area contributed by atoms with Crippen molar-refractivity contribution >= 4 is 5.84 Å². The lowest BCUT2D eigenvalue weighted by molar-refractivity contribution is 0.451. The summed E-state index contributed by atoms with van der Waals surface area (Å²) < 4.78 is 13.6. The lowest BCUT2D eigenvalue weighted by atomic mass is 10.2. The molecule has 0 saturated carbocycles. The zero-order valence-electron chi connectivity index (χ0n) is 9.41. The maximum absolute atomic E-state index is 13.6. The number of aliphatic imine (C=N–C) groups is 1. The van der Waals surface area contributed by atoms with Crippen molar-refractivity contribution in [2.75, 3.05) is 33.2 Å². The van der Waals surface area contributed by atoms with Crippen molar-refractivity contribution in [3.8, 4) is 0 Å². The number of nitrogens with zero attached hydrogens (tertiary/aromatic N) is 2. The predicted octanol–water partition coefficient (Wildman–Crippen LogP) is 1.11. The van der Waals surface area contributed by atoms with Crippen LogP contribution in [0.3, 0.4) is 0 Å². The van der Waals surface area contributed by atoms with Crippen LogP contribution in [-0.2, 0) is 0 Å². The number of nitrogens with one attached hydrogen (secondary N) is 1. The highest BCUT2D eigenvalue weighted by Gasteiger charge is 2.20. The molecule has 16 heavy (non-hydrogen) atoms. The van der Waals surface area contributed by atoms with Crippen molar-refractivity contribution in [1.82, 2.24) is 10.2 Å². The van der Waals surface area contributed by atoms with E-state index in [-0.39, 0.29) is 5.82 Å². The monoisotopic (exact) mass is 221 g/mol. The first-order chi connectivity index (χ1) is 7.83. The molecule has 0 aromatic heterocycles. The van der Waals surface area contributed by atoms with E-state index in [9.17, 15) is 4.39 Å². The summed E-state index contributed by atoms with van der Waals surface area (Å²) in [6.07, 6.45) is 0. The van der Waals surface area contributed by atoms with Gasteiger partial charge >= 0.3 is 0 Å². The Labute approximate surface area is 95.0 Å². The summed E-state index contributed by atoms with van der Waals surface area (Å²) >= 11 is 0. The first kappa shape index (κ1) is 11.1. The van der Waals surface area contributed by atoms with Crippen molar-refractivity contribution in [1.29, 1.82) is 0 Å². The minimum absolute atomic E-state index is 0.197. The molecule has 4 heteroatoms. The van der Waals surface area contributed by atoms with Gasteiger partial charge in [0.15, 0.2) is 0 Å². The van der Waals surface area contributed by atoms with Gasteiger partial charge in [-0.2, -0.15) is 0 Å². The third-order valence-corrected chi connectivity index (χ3v) is 2.68. The van der Waals surface area contributed by atoms with Gasteiger partial charge in [-0.25, -0.2) is 4.39 Å². The Bertz CT molecular complexity index is 390. The Balaban J connectivity index is 2.17. The standard InChI is InChI=1S/C12H16FN3/c1-14-6-8-16-9-7-15-12(16)10-4-2-3-5-11(10)13/h2-5,14H,6-9H2,1H3. The van der Waals surface area contributed by atoms with Crippen molar-refractivity contribution in [3.05, 3.63) is 35.6 Å². The summed E-state index contributed by atoms with van der Waals surface area (Å²) in [7, 11) is 1.91. The van der Waals surface area contributed by atoms with Gasteiger partial charge in [0, 0.05) is 19.6 Å². The molecule has 0 unspecified atom stereocenters. The summed E-state index contributed by atoms with van der Waals surface area (Å²) in [6, 6.07) is 6.81. The predicted molar refractivity (Wildman–Crippen MR) is 63.3 cm³/mol. The van der Waals surface area contributed by atoms with E-state index >= 15 is 0 Å². The van der Waals surface area contributed by atoms with E-state index in [1.807, 2.05) is 13.1 Å². The second-order valence-corrected chi connectivity index (χ2v) is 3.78. The van der Waals surface area contributed by atoms with Crippen LogP contribution in [0.2, 0.25) is 0 Å². The largest absolute Gasteiger partial charge is 0.353 e. The van der Waals surface area contributed by atoms with Crippen LogP contribution >= 0.6 is 0 Å². The summed E-state index contributed by atoms with van der Waals surface area (Å²) in [5, 5.41) is 3.09. The van der Waals surface area contributed by atoms with Gasteiger partial charge < -0.3 is 10.2 Å². The molecule has 0 spiro atoms. The average Bonchev–Trinajstić information content (AvgIpc) is 2.75. The van der Waals surface area contributed by atoms with Gasteiger partial charge in [0.2, 0.25) is 0 Å². The van der Waals surface area contributed by atoms with Gasteiger partial charge in [0.05, 0.1) is 12.1 Å². The van der Waals surface area contributed by atoms with Gasteiger partial charge in [-0.15, -0.1) is 0 Å². The second-order valence-electron chi connectivity index (χ2n) is 3.78. The number of rotatable bonds is 4. The molecule has 1 aliphatic rings. The van der Waals surface area contributed by atoms with Gasteiger partial charge in [-0.3, -0.25) is 4.99 Å². The van der Waals surface area contributed by atoms with E-state index < -0.39 is 0 Å². The average molecular weight is 221 g/mol. The van der Waals surface area contributed by atoms with Gasteiger partial charge in [-0.05, 0) is 19.2 Å². The smallest absolute Gasteiger partial charge is 0.134 e. The third-order valence-electron chi connectivity index (χ3n) is 2.68. The van der Waals surface area contributed by atoms with Gasteiger partial charge in [-0.1, -0.05) is 12.1 Å². The Morgan fingerprint density at radius 1 is 1.44 bits per heavy atom. The Kier molecular flexibility index (Phi) is 3.51. The SMILES string of the molecule is CNCCN1CCN=C1c1ccccc1F. The van der Waals surface area contributed by atoms with Crippen LogP contribution in [0.5, 0.6) is 0 Å². The summed E-state index contributed by atoms with van der Waals surface area (Å²) in [6.45, 7) is 3.38. The molecule has 0 fully saturated rings. The van der Waals surface area contributed by atoms with E-state index in [0.29, 0.717) is 5.56 Å². The lowest BCUT2D eigenvalue weighted by Crippen LogP contribution is -2.34. The minimum atomic E-state index is -0.197. The first-order valence-corrected chi connectivity index (χ1v) is 5.52. The van der Waals surface area contributed by atoms with Crippen molar-refractivity contribution in [2.45, 2.75) is 0 Å². The molecule has 1 N–H and O–H groups in total. The maximum atomic E-state index is 13.6. The molecule has 0 saturated heterocycles. The zero-order chi connectivity index (χ0) is 11.4. The number of likely N-dealkylation sites (N-methyl/N-ethyl adjacent to an activating group) is 1. The molecule has 0 bridgehead atoms. The highest BCUT2D eigenvalue weighted by molar-refractivity contribution is 6.00. The molecule has 0 aliphatic carbocycles. The Morgan fingerprint density at radius 2 is 2.25 bits per heavy atom. The van der Waals surface area contributed by atoms with Crippen LogP contribution in [-0.4, -0.2) is 44.0 Å². The van der Waals surface area contributed by atoms with Crippen LogP contribution in [0.25, 0.3) is 0 Å². The fraction of sp³-hybridized carbons (Fsp3) is 0.417. The molecule has 86 valence electrons. The molecule has 0 amide bonds. The Morgan fingerprint density at radius 3 is 3.00 bits per heavy atom. The molecule has 1 aliphatic heterocycles. The fourth-order valence-electron chi connectivity index (χ4n) is 1.85. The van der Waals surface area contributed by atoms with E-state index in [0.717, 1.165) is 32.0 Å². The number of amidine groups is 1. The summed E-state index contributed by atoms with van der Waals surface area (Å²) in [5.74, 6) is 0.589. The fourth-order valence-corrected chi connectivity index (χ4v) is 1.85. The molecule has 2 rings (SSSR count). The first-order valence-electron chi connectivity index (χ1n) is 5.52.